The largest absolute Gasteiger partial charge is 0.478 e. The van der Waals surface area contributed by atoms with Gasteiger partial charge in [0, 0.05) is 16.7 Å². The quantitative estimate of drug-likeness (QED) is 0.613. The number of sulfone groups is 1. The molecule has 0 aliphatic carbocycles. The first-order valence-corrected chi connectivity index (χ1v) is 7.43. The SMILES string of the molecule is O=C(O)c1ccc2c(c1)S(=O)(=O)c1cc(C(O)O)ccc1-2. The molecule has 0 radical (unpaired) electrons. The van der Waals surface area contributed by atoms with Crippen LogP contribution in [0.5, 0.6) is 0 Å². The maximum absolute atomic E-state index is 12.5. The summed E-state index contributed by atoms with van der Waals surface area (Å²) in [5.41, 5.74) is 0.774. The predicted molar refractivity (Wildman–Crippen MR) is 71.5 cm³/mol. The highest BCUT2D eigenvalue weighted by molar-refractivity contribution is 7.92. The molecule has 7 heteroatoms. The van der Waals surface area contributed by atoms with Gasteiger partial charge in [-0.05, 0) is 18.2 Å². The Morgan fingerprint density at radius 3 is 2.10 bits per heavy atom. The molecule has 0 aromatic heterocycles. The Morgan fingerprint density at radius 1 is 0.952 bits per heavy atom. The highest BCUT2D eigenvalue weighted by Gasteiger charge is 2.34. The second-order valence-corrected chi connectivity index (χ2v) is 6.54. The van der Waals surface area contributed by atoms with E-state index in [0.717, 1.165) is 6.07 Å². The van der Waals surface area contributed by atoms with Gasteiger partial charge in [0.25, 0.3) is 0 Å². The molecule has 1 aliphatic rings. The number of aromatic carboxylic acids is 1. The van der Waals surface area contributed by atoms with Gasteiger partial charge in [-0.3, -0.25) is 0 Å². The van der Waals surface area contributed by atoms with Crippen LogP contribution in [-0.2, 0) is 9.84 Å². The highest BCUT2D eigenvalue weighted by atomic mass is 32.2. The summed E-state index contributed by atoms with van der Waals surface area (Å²) < 4.78 is 24.9. The van der Waals surface area contributed by atoms with Gasteiger partial charge in [0.15, 0.2) is 6.29 Å². The lowest BCUT2D eigenvalue weighted by molar-refractivity contribution is -0.0426. The van der Waals surface area contributed by atoms with Crippen LogP contribution in [0, 0.1) is 0 Å². The number of aliphatic hydroxyl groups excluding tert-OH is 1. The van der Waals surface area contributed by atoms with E-state index in [4.69, 9.17) is 15.3 Å². The minimum absolute atomic E-state index is 0.0503. The Hall–Kier alpha value is -2.22. The lowest BCUT2D eigenvalue weighted by atomic mass is 10.0. The summed E-state index contributed by atoms with van der Waals surface area (Å²) in [6.45, 7) is 0. The van der Waals surface area contributed by atoms with Crippen LogP contribution in [-0.4, -0.2) is 29.7 Å². The number of benzene rings is 2. The fourth-order valence-electron chi connectivity index (χ4n) is 2.36. The normalized spacial score (nSPS) is 14.8. The Balaban J connectivity index is 2.29. The Labute approximate surface area is 119 Å². The molecule has 3 rings (SSSR count). The maximum atomic E-state index is 12.5. The molecule has 0 saturated heterocycles. The number of fused-ring (bicyclic) bond motifs is 3. The van der Waals surface area contributed by atoms with E-state index < -0.39 is 22.1 Å². The molecule has 1 aliphatic heterocycles. The molecule has 1 heterocycles. The van der Waals surface area contributed by atoms with E-state index >= 15 is 0 Å². The molecule has 0 spiro atoms. The third kappa shape index (κ3) is 1.94. The van der Waals surface area contributed by atoms with Gasteiger partial charge in [-0.2, -0.15) is 0 Å². The summed E-state index contributed by atoms with van der Waals surface area (Å²) in [5.74, 6) is -1.21. The zero-order chi connectivity index (χ0) is 15.4. The lowest BCUT2D eigenvalue weighted by Crippen LogP contribution is -2.02. The van der Waals surface area contributed by atoms with Gasteiger partial charge in [-0.1, -0.05) is 18.2 Å². The first-order valence-electron chi connectivity index (χ1n) is 5.95. The van der Waals surface area contributed by atoms with Gasteiger partial charge >= 0.3 is 5.97 Å². The molecular formula is C14H10O6S. The molecule has 0 amide bonds. The monoisotopic (exact) mass is 306 g/mol. The number of rotatable bonds is 2. The maximum Gasteiger partial charge on any atom is 0.335 e. The smallest absolute Gasteiger partial charge is 0.335 e. The van der Waals surface area contributed by atoms with Crippen molar-refractivity contribution in [3.63, 3.8) is 0 Å². The van der Waals surface area contributed by atoms with Crippen LogP contribution in [0.2, 0.25) is 0 Å². The Morgan fingerprint density at radius 2 is 1.52 bits per heavy atom. The first-order chi connectivity index (χ1) is 9.82. The molecule has 0 bridgehead atoms. The van der Waals surface area contributed by atoms with Crippen molar-refractivity contribution in [3.05, 3.63) is 47.5 Å². The van der Waals surface area contributed by atoms with E-state index in [1.807, 2.05) is 0 Å². The van der Waals surface area contributed by atoms with Crippen LogP contribution in [0.3, 0.4) is 0 Å². The zero-order valence-corrected chi connectivity index (χ0v) is 11.3. The Kier molecular flexibility index (Phi) is 2.87. The van der Waals surface area contributed by atoms with Gasteiger partial charge in [-0.25, -0.2) is 13.2 Å². The fourth-order valence-corrected chi connectivity index (χ4v) is 4.11. The predicted octanol–water partition coefficient (Wildman–Crippen LogP) is 1.18. The van der Waals surface area contributed by atoms with E-state index in [1.54, 1.807) is 0 Å². The third-order valence-corrected chi connectivity index (χ3v) is 5.24. The molecule has 108 valence electrons. The summed E-state index contributed by atoms with van der Waals surface area (Å²) in [5, 5.41) is 27.2. The second-order valence-electron chi connectivity index (χ2n) is 4.65. The molecule has 0 atom stereocenters. The summed E-state index contributed by atoms with van der Waals surface area (Å²) in [6, 6.07) is 7.97. The molecule has 21 heavy (non-hydrogen) atoms. The fraction of sp³-hybridized carbons (Fsp3) is 0.0714. The van der Waals surface area contributed by atoms with Gasteiger partial charge < -0.3 is 15.3 Å². The van der Waals surface area contributed by atoms with E-state index in [0.29, 0.717) is 11.1 Å². The van der Waals surface area contributed by atoms with Crippen LogP contribution in [0.15, 0.2) is 46.2 Å². The summed E-state index contributed by atoms with van der Waals surface area (Å²) in [7, 11) is -3.86. The van der Waals surface area contributed by atoms with Crippen LogP contribution in [0.4, 0.5) is 0 Å². The molecule has 0 unspecified atom stereocenters. The molecule has 0 fully saturated rings. The van der Waals surface area contributed by atoms with E-state index in [1.165, 1.54) is 30.3 Å². The minimum atomic E-state index is -3.86. The van der Waals surface area contributed by atoms with E-state index in [2.05, 4.69) is 0 Å². The van der Waals surface area contributed by atoms with Crippen molar-refractivity contribution in [1.82, 2.24) is 0 Å². The van der Waals surface area contributed by atoms with Crippen molar-refractivity contribution in [1.29, 1.82) is 0 Å². The molecule has 3 N–H and O–H groups in total. The van der Waals surface area contributed by atoms with Gasteiger partial charge in [-0.15, -0.1) is 0 Å². The van der Waals surface area contributed by atoms with Crippen molar-refractivity contribution >= 4 is 15.8 Å². The summed E-state index contributed by atoms with van der Waals surface area (Å²) in [6.07, 6.45) is -1.77. The van der Waals surface area contributed by atoms with Gasteiger partial charge in [0.2, 0.25) is 9.84 Å². The average molecular weight is 306 g/mol. The van der Waals surface area contributed by atoms with Gasteiger partial charge in [0.05, 0.1) is 15.4 Å². The van der Waals surface area contributed by atoms with E-state index in [-0.39, 0.29) is 20.9 Å². The summed E-state index contributed by atoms with van der Waals surface area (Å²) >= 11 is 0. The lowest BCUT2D eigenvalue weighted by Gasteiger charge is -2.05. The van der Waals surface area contributed by atoms with Crippen molar-refractivity contribution in [2.45, 2.75) is 16.1 Å². The van der Waals surface area contributed by atoms with Crippen LogP contribution < -0.4 is 0 Å². The highest BCUT2D eigenvalue weighted by Crippen LogP contribution is 2.44. The molecular weight excluding hydrogens is 296 g/mol. The number of carbonyl (C=O) groups is 1. The van der Waals surface area contributed by atoms with Gasteiger partial charge in [0.1, 0.15) is 0 Å². The standard InChI is InChI=1S/C14H10O6S/c15-13(16)7-1-3-9-10-4-2-8(14(17)18)6-12(10)21(19,20)11(9)5-7/h1-6,13,15-16H,(H,17,18). The van der Waals surface area contributed by atoms with E-state index in [9.17, 15) is 13.2 Å². The molecule has 2 aromatic rings. The minimum Gasteiger partial charge on any atom is -0.478 e. The number of hydrogen-bond donors (Lipinski definition) is 3. The second kappa shape index (κ2) is 4.39. The average Bonchev–Trinajstić information content (AvgIpc) is 2.67. The van der Waals surface area contributed by atoms with Crippen molar-refractivity contribution < 1.29 is 28.5 Å². The molecule has 0 saturated carbocycles. The Bertz CT molecular complexity index is 867. The van der Waals surface area contributed by atoms with Crippen LogP contribution in [0.1, 0.15) is 22.2 Å². The van der Waals surface area contributed by atoms with Crippen molar-refractivity contribution in [2.75, 3.05) is 0 Å². The van der Waals surface area contributed by atoms with Crippen LogP contribution in [0.25, 0.3) is 11.1 Å². The van der Waals surface area contributed by atoms with Crippen molar-refractivity contribution in [3.8, 4) is 11.1 Å². The number of hydrogen-bond acceptors (Lipinski definition) is 5. The van der Waals surface area contributed by atoms with Crippen LogP contribution >= 0.6 is 0 Å². The topological polar surface area (TPSA) is 112 Å². The summed E-state index contributed by atoms with van der Waals surface area (Å²) in [4.78, 5) is 10.8. The number of aliphatic hydroxyl groups is 2. The zero-order valence-electron chi connectivity index (χ0n) is 10.5. The third-order valence-electron chi connectivity index (χ3n) is 3.40. The van der Waals surface area contributed by atoms with Crippen molar-refractivity contribution in [2.24, 2.45) is 0 Å². The number of carboxylic acids is 1. The molecule has 2 aromatic carbocycles. The first kappa shape index (κ1) is 13.7. The molecule has 6 nitrogen and oxygen atoms in total. The number of carboxylic acid groups (broad SMARTS) is 1.